The van der Waals surface area contributed by atoms with Gasteiger partial charge in [0.05, 0.1) is 0 Å². The van der Waals surface area contributed by atoms with Crippen LogP contribution in [0.15, 0.2) is 72.9 Å². The highest BCUT2D eigenvalue weighted by molar-refractivity contribution is 5.71. The van der Waals surface area contributed by atoms with Gasteiger partial charge in [-0.15, -0.1) is 0 Å². The smallest absolute Gasteiger partial charge is 0.306 e. The molecule has 386 valence electrons. The minimum absolute atomic E-state index is 0.0729. The van der Waals surface area contributed by atoms with Gasteiger partial charge in [-0.3, -0.25) is 14.4 Å². The standard InChI is InChI=1S/C61H106O6/c1-4-7-10-13-15-17-19-21-22-23-24-25-26-27-28-29-30-31-32-33-34-35-36-37-38-40-41-43-45-48-51-54-60(63)66-57-58(56-65-59(62)53-50-47-12-9-6-3)67-61(64)55-52-49-46-44-42-39-20-18-16-14-11-8-5-2/h7,10,15,17,21-22,24-25,27-28,30-31,58H,4-6,8-9,11-14,16,18-20,23,26,29,32-57H2,1-3H3/b10-7-,17-15-,22-21-,25-24-,28-27-,31-30-. The molecule has 0 saturated heterocycles. The Morgan fingerprint density at radius 1 is 0.313 bits per heavy atom. The third-order valence-corrected chi connectivity index (χ3v) is 12.2. The molecule has 0 aromatic carbocycles. The van der Waals surface area contributed by atoms with Crippen LogP contribution in [0.25, 0.3) is 0 Å². The van der Waals surface area contributed by atoms with E-state index >= 15 is 0 Å². The molecule has 0 fully saturated rings. The van der Waals surface area contributed by atoms with Crippen molar-refractivity contribution < 1.29 is 28.6 Å². The van der Waals surface area contributed by atoms with E-state index in [9.17, 15) is 14.4 Å². The van der Waals surface area contributed by atoms with Gasteiger partial charge in [0.1, 0.15) is 13.2 Å². The van der Waals surface area contributed by atoms with Gasteiger partial charge in [0.2, 0.25) is 0 Å². The first-order valence-electron chi connectivity index (χ1n) is 28.4. The van der Waals surface area contributed by atoms with Crippen LogP contribution >= 0.6 is 0 Å². The minimum atomic E-state index is -0.768. The van der Waals surface area contributed by atoms with Crippen LogP contribution in [-0.4, -0.2) is 37.2 Å². The average molecular weight is 936 g/mol. The second kappa shape index (κ2) is 55.4. The Morgan fingerprint density at radius 3 is 0.910 bits per heavy atom. The van der Waals surface area contributed by atoms with Gasteiger partial charge in [-0.05, 0) is 70.6 Å². The van der Waals surface area contributed by atoms with Gasteiger partial charge in [-0.1, -0.05) is 261 Å². The van der Waals surface area contributed by atoms with Crippen molar-refractivity contribution in [3.8, 4) is 0 Å². The lowest BCUT2D eigenvalue weighted by molar-refractivity contribution is -0.167. The fraction of sp³-hybridized carbons (Fsp3) is 0.754. The van der Waals surface area contributed by atoms with Gasteiger partial charge < -0.3 is 14.2 Å². The van der Waals surface area contributed by atoms with Crippen LogP contribution in [0, 0.1) is 0 Å². The summed E-state index contributed by atoms with van der Waals surface area (Å²) < 4.78 is 16.7. The monoisotopic (exact) mass is 935 g/mol. The lowest BCUT2D eigenvalue weighted by Gasteiger charge is -2.18. The Labute approximate surface area is 414 Å². The number of ether oxygens (including phenoxy) is 3. The van der Waals surface area contributed by atoms with Crippen molar-refractivity contribution >= 4 is 17.9 Å². The summed E-state index contributed by atoms with van der Waals surface area (Å²) in [7, 11) is 0. The van der Waals surface area contributed by atoms with E-state index in [4.69, 9.17) is 14.2 Å². The fourth-order valence-corrected chi connectivity index (χ4v) is 7.98. The number of unbranched alkanes of at least 4 members (excludes halogenated alkanes) is 28. The summed E-state index contributed by atoms with van der Waals surface area (Å²) in [6, 6.07) is 0. The molecule has 67 heavy (non-hydrogen) atoms. The van der Waals surface area contributed by atoms with E-state index in [1.54, 1.807) is 0 Å². The molecule has 0 radical (unpaired) electrons. The van der Waals surface area contributed by atoms with Crippen LogP contribution in [0.3, 0.4) is 0 Å². The maximum absolute atomic E-state index is 12.7. The van der Waals surface area contributed by atoms with E-state index in [0.29, 0.717) is 19.3 Å². The van der Waals surface area contributed by atoms with E-state index < -0.39 is 6.10 Å². The first-order valence-corrected chi connectivity index (χ1v) is 28.4. The Balaban J connectivity index is 3.99. The molecule has 0 N–H and O–H groups in total. The zero-order valence-electron chi connectivity index (χ0n) is 44.2. The van der Waals surface area contributed by atoms with E-state index in [1.807, 2.05) is 0 Å². The molecule has 0 rings (SSSR count). The highest BCUT2D eigenvalue weighted by atomic mass is 16.6. The van der Waals surface area contributed by atoms with Crippen molar-refractivity contribution in [3.05, 3.63) is 72.9 Å². The normalized spacial score (nSPS) is 12.6. The van der Waals surface area contributed by atoms with E-state index in [-0.39, 0.29) is 31.1 Å². The summed E-state index contributed by atoms with van der Waals surface area (Å²) in [4.78, 5) is 37.7. The molecule has 0 aromatic heterocycles. The molecule has 0 spiro atoms. The minimum Gasteiger partial charge on any atom is -0.462 e. The van der Waals surface area contributed by atoms with Crippen LogP contribution in [0.4, 0.5) is 0 Å². The van der Waals surface area contributed by atoms with Crippen LogP contribution in [-0.2, 0) is 28.6 Å². The lowest BCUT2D eigenvalue weighted by Crippen LogP contribution is -2.30. The molecular formula is C61H106O6. The predicted octanol–water partition coefficient (Wildman–Crippen LogP) is 19.0. The first-order chi connectivity index (χ1) is 33.0. The van der Waals surface area contributed by atoms with Gasteiger partial charge in [-0.25, -0.2) is 0 Å². The van der Waals surface area contributed by atoms with Crippen molar-refractivity contribution in [1.29, 1.82) is 0 Å². The second-order valence-corrected chi connectivity index (χ2v) is 18.8. The largest absolute Gasteiger partial charge is 0.462 e. The van der Waals surface area contributed by atoms with Gasteiger partial charge >= 0.3 is 17.9 Å². The highest BCUT2D eigenvalue weighted by Crippen LogP contribution is 2.16. The first kappa shape index (κ1) is 63.8. The number of esters is 3. The number of hydrogen-bond donors (Lipinski definition) is 0. The summed E-state index contributed by atoms with van der Waals surface area (Å²) >= 11 is 0. The number of hydrogen-bond acceptors (Lipinski definition) is 6. The summed E-state index contributed by atoms with van der Waals surface area (Å²) in [6.45, 7) is 6.45. The van der Waals surface area contributed by atoms with Crippen LogP contribution < -0.4 is 0 Å². The molecule has 0 aliphatic heterocycles. The third-order valence-electron chi connectivity index (χ3n) is 12.2. The Kier molecular flexibility index (Phi) is 52.8. The summed E-state index contributed by atoms with van der Waals surface area (Å²) in [5, 5.41) is 0. The zero-order chi connectivity index (χ0) is 48.6. The summed E-state index contributed by atoms with van der Waals surface area (Å²) in [5.41, 5.74) is 0. The third kappa shape index (κ3) is 53.7. The number of carbonyl (C=O) groups excluding carboxylic acids is 3. The molecule has 0 saturated carbocycles. The molecule has 0 aliphatic carbocycles. The van der Waals surface area contributed by atoms with Gasteiger partial charge in [0, 0.05) is 19.3 Å². The van der Waals surface area contributed by atoms with Crippen LogP contribution in [0.1, 0.15) is 278 Å². The van der Waals surface area contributed by atoms with E-state index in [2.05, 4.69) is 93.7 Å². The Morgan fingerprint density at radius 2 is 0.582 bits per heavy atom. The predicted molar refractivity (Wildman–Crippen MR) is 288 cm³/mol. The van der Waals surface area contributed by atoms with Gasteiger partial charge in [0.25, 0.3) is 0 Å². The number of allylic oxidation sites excluding steroid dienone is 12. The maximum atomic E-state index is 12.7. The molecule has 0 heterocycles. The van der Waals surface area contributed by atoms with E-state index in [0.717, 1.165) is 103 Å². The Hall–Kier alpha value is -3.15. The molecule has 1 unspecified atom stereocenters. The quantitative estimate of drug-likeness (QED) is 0.0262. The SMILES string of the molecule is CC/C=C\C/C=C\C/C=C\C/C=C\C/C=C\C/C=C\CCCCCCCCCCCCCCC(=O)OCC(COC(=O)CCCCCCC)OC(=O)CCCCCCCCCCCCCCC. The van der Waals surface area contributed by atoms with Crippen molar-refractivity contribution in [1.82, 2.24) is 0 Å². The van der Waals surface area contributed by atoms with E-state index in [1.165, 1.54) is 135 Å². The molecule has 6 nitrogen and oxygen atoms in total. The van der Waals surface area contributed by atoms with Gasteiger partial charge in [-0.2, -0.15) is 0 Å². The molecule has 6 heteroatoms. The average Bonchev–Trinajstić information content (AvgIpc) is 3.33. The maximum Gasteiger partial charge on any atom is 0.306 e. The Bertz CT molecular complexity index is 1260. The van der Waals surface area contributed by atoms with Crippen molar-refractivity contribution in [3.63, 3.8) is 0 Å². The highest BCUT2D eigenvalue weighted by Gasteiger charge is 2.19. The number of carbonyl (C=O) groups is 3. The van der Waals surface area contributed by atoms with Crippen molar-refractivity contribution in [2.24, 2.45) is 0 Å². The molecule has 0 aliphatic rings. The second-order valence-electron chi connectivity index (χ2n) is 18.8. The number of rotatable bonds is 51. The summed E-state index contributed by atoms with van der Waals surface area (Å²) in [5.74, 6) is -0.881. The molecular weight excluding hydrogens is 829 g/mol. The van der Waals surface area contributed by atoms with Crippen molar-refractivity contribution in [2.45, 2.75) is 284 Å². The molecule has 0 bridgehead atoms. The van der Waals surface area contributed by atoms with Gasteiger partial charge in [0.15, 0.2) is 6.10 Å². The zero-order valence-corrected chi connectivity index (χ0v) is 44.2. The molecule has 0 amide bonds. The van der Waals surface area contributed by atoms with Crippen molar-refractivity contribution in [2.75, 3.05) is 13.2 Å². The van der Waals surface area contributed by atoms with Crippen LogP contribution in [0.2, 0.25) is 0 Å². The molecule has 0 aromatic rings. The molecule has 1 atom stereocenters. The lowest BCUT2D eigenvalue weighted by atomic mass is 10.0. The van der Waals surface area contributed by atoms with Crippen LogP contribution in [0.5, 0.6) is 0 Å². The topological polar surface area (TPSA) is 78.9 Å². The summed E-state index contributed by atoms with van der Waals surface area (Å²) in [6.07, 6.45) is 70.9. The fourth-order valence-electron chi connectivity index (χ4n) is 7.98.